The number of halogens is 1. The lowest BCUT2D eigenvalue weighted by atomic mass is 10.0. The van der Waals surface area contributed by atoms with Crippen molar-refractivity contribution in [1.29, 1.82) is 0 Å². The molecule has 220 valence electrons. The second-order valence-corrected chi connectivity index (χ2v) is 12.8. The predicted molar refractivity (Wildman–Crippen MR) is 137 cm³/mol. The Labute approximate surface area is 231 Å². The first-order valence-electron chi connectivity index (χ1n) is 13.2. The fourth-order valence-electron chi connectivity index (χ4n) is 6.00. The van der Waals surface area contributed by atoms with E-state index in [1.54, 1.807) is 12.1 Å². The van der Waals surface area contributed by atoms with Gasteiger partial charge < -0.3 is 30.5 Å². The van der Waals surface area contributed by atoms with Crippen molar-refractivity contribution in [2.45, 2.75) is 61.9 Å². The van der Waals surface area contributed by atoms with E-state index in [-0.39, 0.29) is 44.9 Å². The zero-order valence-electron chi connectivity index (χ0n) is 22.0. The van der Waals surface area contributed by atoms with Gasteiger partial charge in [0.15, 0.2) is 0 Å². The zero-order valence-corrected chi connectivity index (χ0v) is 22.8. The molecule has 4 heterocycles. The van der Waals surface area contributed by atoms with E-state index in [9.17, 15) is 37.4 Å². The van der Waals surface area contributed by atoms with Crippen LogP contribution >= 0.6 is 0 Å². The van der Waals surface area contributed by atoms with Crippen molar-refractivity contribution in [3.8, 4) is 0 Å². The molecule has 4 N–H and O–H groups in total. The molecule has 4 saturated heterocycles. The van der Waals surface area contributed by atoms with Gasteiger partial charge in [-0.25, -0.2) is 12.8 Å². The maximum absolute atomic E-state index is 13.8. The molecular weight excluding hydrogens is 549 g/mol. The van der Waals surface area contributed by atoms with Gasteiger partial charge in [-0.1, -0.05) is 12.1 Å². The number of fused-ring (bicyclic) bond motifs is 6. The number of nitrogens with zero attached hydrogens (tertiary/aromatic N) is 3. The number of piperazine rings is 1. The first-order valence-corrected chi connectivity index (χ1v) is 15.1. The highest BCUT2D eigenvalue weighted by Crippen LogP contribution is 2.27. The molecule has 0 aromatic heterocycles. The maximum Gasteiger partial charge on any atom is 0.240 e. The van der Waals surface area contributed by atoms with Crippen LogP contribution in [0.1, 0.15) is 18.4 Å². The molecule has 0 aliphatic carbocycles. The molecule has 0 saturated carbocycles. The molecule has 4 aliphatic rings. The third-order valence-electron chi connectivity index (χ3n) is 8.05. The van der Waals surface area contributed by atoms with Gasteiger partial charge in [0, 0.05) is 45.3 Å². The van der Waals surface area contributed by atoms with Gasteiger partial charge in [-0.2, -0.15) is 4.31 Å². The predicted octanol–water partition coefficient (Wildman–Crippen LogP) is -2.63. The summed E-state index contributed by atoms with van der Waals surface area (Å²) in [5.74, 6) is -1.79. The minimum atomic E-state index is -3.79. The van der Waals surface area contributed by atoms with E-state index in [2.05, 4.69) is 10.6 Å². The Bertz CT molecular complexity index is 1250. The van der Waals surface area contributed by atoms with Crippen LogP contribution in [0.5, 0.6) is 0 Å². The number of likely N-dealkylation sites (tertiary alicyclic amines) is 1. The molecule has 1 aromatic carbocycles. The molecule has 7 atom stereocenters. The fourth-order valence-corrected chi connectivity index (χ4v) is 7.04. The molecule has 0 unspecified atom stereocenters. The third kappa shape index (κ3) is 5.99. The molecular formula is C25H34FN5O8S. The molecule has 6 bridgehead atoms. The number of sulfonamides is 1. The molecule has 3 amide bonds. The van der Waals surface area contributed by atoms with Gasteiger partial charge in [0.2, 0.25) is 27.7 Å². The molecule has 13 nitrogen and oxygen atoms in total. The van der Waals surface area contributed by atoms with Crippen molar-refractivity contribution in [2.24, 2.45) is 0 Å². The standard InChI is InChI=1S/C25H34FN5O8S/c1-40(37,38)31-7-6-29-13-18(31)24(35)27-10-20-23(34)22(33)19(39-20)9-21(32)28-16-8-17(25(29)36)30(12-16)11-14-2-4-15(26)5-3-14/h2-5,16-20,22-23,33-34H,6-13H2,1H3,(H,27,35)(H,28,32)/t16-,17-,18-,19-,20+,22-,23+/m0/s1. The van der Waals surface area contributed by atoms with Crippen molar-refractivity contribution in [3.05, 3.63) is 35.6 Å². The zero-order chi connectivity index (χ0) is 28.8. The quantitative estimate of drug-likeness (QED) is 0.297. The summed E-state index contributed by atoms with van der Waals surface area (Å²) in [6, 6.07) is 3.56. The Morgan fingerprint density at radius 1 is 1.02 bits per heavy atom. The van der Waals surface area contributed by atoms with E-state index in [1.165, 1.54) is 17.0 Å². The number of aliphatic hydroxyl groups is 2. The lowest BCUT2D eigenvalue weighted by Crippen LogP contribution is -2.63. The minimum Gasteiger partial charge on any atom is -0.388 e. The molecule has 0 radical (unpaired) electrons. The van der Waals surface area contributed by atoms with E-state index in [0.717, 1.165) is 16.1 Å². The van der Waals surface area contributed by atoms with E-state index in [0.29, 0.717) is 13.1 Å². The van der Waals surface area contributed by atoms with E-state index >= 15 is 0 Å². The largest absolute Gasteiger partial charge is 0.388 e. The van der Waals surface area contributed by atoms with Crippen LogP contribution < -0.4 is 10.6 Å². The number of amides is 3. The lowest BCUT2D eigenvalue weighted by molar-refractivity contribution is -0.140. The van der Waals surface area contributed by atoms with Crippen LogP contribution in [-0.4, -0.2) is 132 Å². The lowest BCUT2D eigenvalue weighted by Gasteiger charge is -2.40. The summed E-state index contributed by atoms with van der Waals surface area (Å²) >= 11 is 0. The summed E-state index contributed by atoms with van der Waals surface area (Å²) in [6.45, 7) is 0.187. The van der Waals surface area contributed by atoms with Gasteiger partial charge in [0.05, 0.1) is 24.8 Å². The number of rotatable bonds is 3. The fraction of sp³-hybridized carbons (Fsp3) is 0.640. The number of aliphatic hydroxyl groups excluding tert-OH is 2. The minimum absolute atomic E-state index is 0.0753. The Balaban J connectivity index is 1.44. The van der Waals surface area contributed by atoms with Crippen LogP contribution in [0.2, 0.25) is 0 Å². The molecule has 40 heavy (non-hydrogen) atoms. The van der Waals surface area contributed by atoms with Crippen molar-refractivity contribution in [3.63, 3.8) is 0 Å². The number of carbonyl (C=O) groups excluding carboxylic acids is 3. The molecule has 4 aliphatic heterocycles. The summed E-state index contributed by atoms with van der Waals surface area (Å²) in [6.07, 6.45) is -3.76. The van der Waals surface area contributed by atoms with Gasteiger partial charge in [0.25, 0.3) is 0 Å². The highest BCUT2D eigenvalue weighted by molar-refractivity contribution is 7.88. The number of carbonyl (C=O) groups is 3. The van der Waals surface area contributed by atoms with Gasteiger partial charge in [-0.3, -0.25) is 19.3 Å². The van der Waals surface area contributed by atoms with Gasteiger partial charge in [-0.15, -0.1) is 0 Å². The van der Waals surface area contributed by atoms with Crippen molar-refractivity contribution < 1.29 is 42.1 Å². The van der Waals surface area contributed by atoms with Gasteiger partial charge in [-0.05, 0) is 24.1 Å². The summed E-state index contributed by atoms with van der Waals surface area (Å²) in [7, 11) is -3.79. The van der Waals surface area contributed by atoms with Crippen molar-refractivity contribution in [2.75, 3.05) is 39.0 Å². The second kappa shape index (κ2) is 11.3. The van der Waals surface area contributed by atoms with Crippen LogP contribution in [0.25, 0.3) is 0 Å². The second-order valence-electron chi connectivity index (χ2n) is 10.9. The first-order chi connectivity index (χ1) is 18.9. The SMILES string of the molecule is CS(=O)(=O)N1CCN2C[C@H]1C(=O)NC[C@H]1O[C@@H](CC(=O)N[C@H]3C[C@@H](C2=O)N(Cc2ccc(F)cc2)C3)[C@H](O)[C@@H]1O. The first kappa shape index (κ1) is 28.8. The van der Waals surface area contributed by atoms with Crippen LogP contribution in [0.3, 0.4) is 0 Å². The topological polar surface area (TPSA) is 169 Å². The van der Waals surface area contributed by atoms with Crippen LogP contribution in [0.4, 0.5) is 4.39 Å². The normalized spacial score (nSPS) is 34.5. The molecule has 5 rings (SSSR count). The van der Waals surface area contributed by atoms with Gasteiger partial charge in [0.1, 0.15) is 30.2 Å². The number of benzene rings is 1. The van der Waals surface area contributed by atoms with E-state index in [1.807, 2.05) is 4.90 Å². The summed E-state index contributed by atoms with van der Waals surface area (Å²) < 4.78 is 45.2. The number of nitrogens with one attached hydrogen (secondary N) is 2. The molecule has 4 fully saturated rings. The summed E-state index contributed by atoms with van der Waals surface area (Å²) in [5, 5.41) is 26.4. The maximum atomic E-state index is 13.8. The number of hydrogen-bond donors (Lipinski definition) is 4. The highest BCUT2D eigenvalue weighted by atomic mass is 32.2. The summed E-state index contributed by atoms with van der Waals surface area (Å²) in [4.78, 5) is 43.3. The molecule has 15 heteroatoms. The number of hydrogen-bond acceptors (Lipinski definition) is 9. The van der Waals surface area contributed by atoms with Crippen LogP contribution in [0.15, 0.2) is 24.3 Å². The van der Waals surface area contributed by atoms with E-state index < -0.39 is 70.2 Å². The monoisotopic (exact) mass is 583 g/mol. The van der Waals surface area contributed by atoms with Crippen LogP contribution in [-0.2, 0) is 35.7 Å². The average molecular weight is 584 g/mol. The third-order valence-corrected chi connectivity index (χ3v) is 9.34. The van der Waals surface area contributed by atoms with E-state index in [4.69, 9.17) is 4.74 Å². The summed E-state index contributed by atoms with van der Waals surface area (Å²) in [5.41, 5.74) is 0.763. The smallest absolute Gasteiger partial charge is 0.240 e. The highest BCUT2D eigenvalue weighted by Gasteiger charge is 2.47. The Morgan fingerprint density at radius 3 is 2.42 bits per heavy atom. The molecule has 1 aromatic rings. The van der Waals surface area contributed by atoms with Crippen LogP contribution in [0, 0.1) is 5.82 Å². The Hall–Kier alpha value is -2.69. The number of ether oxygens (including phenoxy) is 1. The van der Waals surface area contributed by atoms with Crippen molar-refractivity contribution in [1.82, 2.24) is 24.7 Å². The Morgan fingerprint density at radius 2 is 1.73 bits per heavy atom. The Kier molecular flexibility index (Phi) is 8.14. The van der Waals surface area contributed by atoms with Crippen molar-refractivity contribution >= 4 is 27.7 Å². The average Bonchev–Trinajstić information content (AvgIpc) is 3.41. The van der Waals surface area contributed by atoms with Gasteiger partial charge >= 0.3 is 0 Å². The molecule has 0 spiro atoms.